The summed E-state index contributed by atoms with van der Waals surface area (Å²) in [6.45, 7) is 0.701. The van der Waals surface area contributed by atoms with Gasteiger partial charge in [-0.25, -0.2) is 0 Å². The smallest absolute Gasteiger partial charge is 0.418 e. The second-order valence-corrected chi connectivity index (χ2v) is 7.10. The molecule has 8 heteroatoms. The fourth-order valence-corrected chi connectivity index (χ4v) is 3.35. The highest BCUT2D eigenvalue weighted by molar-refractivity contribution is 5.69. The molecular formula is C18H20F3N3O2. The summed E-state index contributed by atoms with van der Waals surface area (Å²) in [6, 6.07) is 5.05. The van der Waals surface area contributed by atoms with Gasteiger partial charge in [-0.15, -0.1) is 0 Å². The summed E-state index contributed by atoms with van der Waals surface area (Å²) in [5, 5.41) is 20.9. The van der Waals surface area contributed by atoms with E-state index in [0.717, 1.165) is 31.5 Å². The monoisotopic (exact) mass is 367 g/mol. The average Bonchev–Trinajstić information content (AvgIpc) is 3.32. The van der Waals surface area contributed by atoms with E-state index in [1.807, 2.05) is 11.0 Å². The number of hydrogen-bond acceptors (Lipinski definition) is 4. The number of alkyl halides is 3. The highest BCUT2D eigenvalue weighted by atomic mass is 19.4. The van der Waals surface area contributed by atoms with E-state index < -0.39 is 17.7 Å². The zero-order chi connectivity index (χ0) is 18.9. The third-order valence-corrected chi connectivity index (χ3v) is 4.97. The lowest BCUT2D eigenvalue weighted by Crippen LogP contribution is -2.52. The molecule has 0 atom stereocenters. The molecule has 3 rings (SSSR count). The number of hydrogen-bond donors (Lipinski definition) is 2. The van der Waals surface area contributed by atoms with E-state index in [9.17, 15) is 18.0 Å². The van der Waals surface area contributed by atoms with Crippen molar-refractivity contribution < 1.29 is 23.1 Å². The first kappa shape index (κ1) is 18.5. The van der Waals surface area contributed by atoms with E-state index in [2.05, 4.69) is 5.32 Å². The standard InChI is InChI=1S/C18H20F3N3O2/c19-18(20,21)15-4-3-12(8-22)5-16(15)23-13-6-14(7-13)24(10-17(25)26)9-11-1-2-11/h3-5,11,13-14,23H,1-2,6-7,9-10H2,(H,25,26). The van der Waals surface area contributed by atoms with Gasteiger partial charge in [-0.05, 0) is 49.8 Å². The Balaban J connectivity index is 1.64. The molecule has 5 nitrogen and oxygen atoms in total. The Morgan fingerprint density at radius 1 is 1.35 bits per heavy atom. The summed E-state index contributed by atoms with van der Waals surface area (Å²) >= 11 is 0. The third kappa shape index (κ3) is 4.47. The molecule has 2 aliphatic rings. The van der Waals surface area contributed by atoms with Gasteiger partial charge in [-0.2, -0.15) is 18.4 Å². The number of aliphatic carboxylic acids is 1. The number of nitrogens with one attached hydrogen (secondary N) is 1. The van der Waals surface area contributed by atoms with Crippen LogP contribution in [0.3, 0.4) is 0 Å². The van der Waals surface area contributed by atoms with Crippen molar-refractivity contribution in [2.24, 2.45) is 5.92 Å². The van der Waals surface area contributed by atoms with Gasteiger partial charge in [0.05, 0.1) is 23.7 Å². The third-order valence-electron chi connectivity index (χ3n) is 4.97. The maximum atomic E-state index is 13.2. The van der Waals surface area contributed by atoms with Gasteiger partial charge < -0.3 is 10.4 Å². The van der Waals surface area contributed by atoms with Crippen molar-refractivity contribution in [3.05, 3.63) is 29.3 Å². The van der Waals surface area contributed by atoms with E-state index in [0.29, 0.717) is 18.8 Å². The molecule has 0 heterocycles. The van der Waals surface area contributed by atoms with Gasteiger partial charge in [-0.3, -0.25) is 9.69 Å². The van der Waals surface area contributed by atoms with Crippen molar-refractivity contribution >= 4 is 11.7 Å². The molecule has 0 aromatic heterocycles. The number of anilines is 1. The van der Waals surface area contributed by atoms with Crippen LogP contribution in [-0.4, -0.2) is 41.1 Å². The number of benzene rings is 1. The van der Waals surface area contributed by atoms with Crippen LogP contribution in [0.1, 0.15) is 36.8 Å². The van der Waals surface area contributed by atoms with Crippen molar-refractivity contribution in [1.82, 2.24) is 4.90 Å². The van der Waals surface area contributed by atoms with Crippen molar-refractivity contribution in [2.75, 3.05) is 18.4 Å². The fourth-order valence-electron chi connectivity index (χ4n) is 3.35. The maximum absolute atomic E-state index is 13.2. The first-order valence-corrected chi connectivity index (χ1v) is 8.60. The first-order valence-electron chi connectivity index (χ1n) is 8.60. The number of carbonyl (C=O) groups is 1. The van der Waals surface area contributed by atoms with E-state index in [1.165, 1.54) is 6.07 Å². The van der Waals surface area contributed by atoms with E-state index in [-0.39, 0.29) is 29.9 Å². The van der Waals surface area contributed by atoms with Crippen LogP contribution in [0.5, 0.6) is 0 Å². The Morgan fingerprint density at radius 3 is 2.58 bits per heavy atom. The zero-order valence-electron chi connectivity index (χ0n) is 14.1. The molecule has 0 spiro atoms. The van der Waals surface area contributed by atoms with Gasteiger partial charge in [0.1, 0.15) is 0 Å². The van der Waals surface area contributed by atoms with Crippen molar-refractivity contribution in [1.29, 1.82) is 5.26 Å². The molecule has 1 aromatic carbocycles. The Labute approximate surface area is 149 Å². The van der Waals surface area contributed by atoms with Crippen molar-refractivity contribution in [2.45, 2.75) is 43.9 Å². The zero-order valence-corrected chi connectivity index (χ0v) is 14.1. The largest absolute Gasteiger partial charge is 0.480 e. The lowest BCUT2D eigenvalue weighted by molar-refractivity contribution is -0.140. The molecule has 2 saturated carbocycles. The molecule has 2 N–H and O–H groups in total. The Morgan fingerprint density at radius 2 is 2.04 bits per heavy atom. The topological polar surface area (TPSA) is 76.4 Å². The van der Waals surface area contributed by atoms with Gasteiger partial charge >= 0.3 is 12.1 Å². The van der Waals surface area contributed by atoms with E-state index >= 15 is 0 Å². The number of carboxylic acid groups (broad SMARTS) is 1. The highest BCUT2D eigenvalue weighted by Crippen LogP contribution is 2.38. The van der Waals surface area contributed by atoms with Crippen molar-refractivity contribution in [3.63, 3.8) is 0 Å². The van der Waals surface area contributed by atoms with Crippen LogP contribution in [0, 0.1) is 17.2 Å². The minimum absolute atomic E-state index is 0.0361. The van der Waals surface area contributed by atoms with Gasteiger partial charge in [0.15, 0.2) is 0 Å². The summed E-state index contributed by atoms with van der Waals surface area (Å²) < 4.78 is 39.5. The van der Waals surface area contributed by atoms with Crippen LogP contribution >= 0.6 is 0 Å². The molecule has 0 unspecified atom stereocenters. The predicted molar refractivity (Wildman–Crippen MR) is 88.5 cm³/mol. The molecule has 0 amide bonds. The lowest BCUT2D eigenvalue weighted by Gasteiger charge is -2.43. The minimum atomic E-state index is -4.50. The summed E-state index contributed by atoms with van der Waals surface area (Å²) in [4.78, 5) is 13.0. The Bertz CT molecular complexity index is 719. The van der Waals surface area contributed by atoms with Crippen LogP contribution in [0.2, 0.25) is 0 Å². The highest BCUT2D eigenvalue weighted by Gasteiger charge is 2.39. The molecule has 1 aromatic rings. The van der Waals surface area contributed by atoms with Crippen LogP contribution in [0.25, 0.3) is 0 Å². The molecule has 2 aliphatic carbocycles. The summed E-state index contributed by atoms with van der Waals surface area (Å²) in [5.41, 5.74) is -0.718. The molecule has 0 bridgehead atoms. The second-order valence-electron chi connectivity index (χ2n) is 7.10. The van der Waals surface area contributed by atoms with Crippen LogP contribution in [0.4, 0.5) is 18.9 Å². The van der Waals surface area contributed by atoms with Gasteiger partial charge in [0.2, 0.25) is 0 Å². The molecule has 0 radical (unpaired) electrons. The second kappa shape index (κ2) is 7.16. The van der Waals surface area contributed by atoms with E-state index in [4.69, 9.17) is 10.4 Å². The Kier molecular flexibility index (Phi) is 5.10. The summed E-state index contributed by atoms with van der Waals surface area (Å²) in [6.07, 6.45) is -1.09. The predicted octanol–water partition coefficient (Wildman–Crippen LogP) is 3.32. The summed E-state index contributed by atoms with van der Waals surface area (Å²) in [7, 11) is 0. The summed E-state index contributed by atoms with van der Waals surface area (Å²) in [5.74, 6) is -0.339. The minimum Gasteiger partial charge on any atom is -0.480 e. The van der Waals surface area contributed by atoms with Crippen molar-refractivity contribution in [3.8, 4) is 6.07 Å². The molecular weight excluding hydrogens is 347 g/mol. The first-order chi connectivity index (χ1) is 12.3. The molecule has 0 aliphatic heterocycles. The molecule has 2 fully saturated rings. The van der Waals surface area contributed by atoms with Crippen LogP contribution < -0.4 is 5.32 Å². The SMILES string of the molecule is N#Cc1ccc(C(F)(F)F)c(NC2CC(N(CC(=O)O)CC3CC3)C2)c1. The number of rotatable bonds is 7. The molecule has 26 heavy (non-hydrogen) atoms. The average molecular weight is 367 g/mol. The van der Waals surface area contributed by atoms with Crippen LogP contribution in [0.15, 0.2) is 18.2 Å². The fraction of sp³-hybridized carbons (Fsp3) is 0.556. The molecule has 140 valence electrons. The molecule has 0 saturated heterocycles. The van der Waals surface area contributed by atoms with Gasteiger partial charge in [0, 0.05) is 24.3 Å². The quantitative estimate of drug-likeness (QED) is 0.773. The van der Waals surface area contributed by atoms with Crippen LogP contribution in [-0.2, 0) is 11.0 Å². The maximum Gasteiger partial charge on any atom is 0.418 e. The van der Waals surface area contributed by atoms with E-state index in [1.54, 1.807) is 0 Å². The van der Waals surface area contributed by atoms with Gasteiger partial charge in [-0.1, -0.05) is 0 Å². The van der Waals surface area contributed by atoms with Gasteiger partial charge in [0.25, 0.3) is 0 Å². The lowest BCUT2D eigenvalue weighted by atomic mass is 9.84. The number of halogens is 3. The number of nitriles is 1. The Hall–Kier alpha value is -2.27. The number of nitrogens with zero attached hydrogens (tertiary/aromatic N) is 2. The number of carboxylic acids is 1. The normalized spacial score (nSPS) is 22.6.